The quantitative estimate of drug-likeness (QED) is 0.514. The third-order valence-corrected chi connectivity index (χ3v) is 3.45. The van der Waals surface area contributed by atoms with E-state index in [0.29, 0.717) is 29.0 Å². The van der Waals surface area contributed by atoms with Gasteiger partial charge in [0.2, 0.25) is 0 Å². The molecule has 0 bridgehead atoms. The van der Waals surface area contributed by atoms with Gasteiger partial charge in [0.1, 0.15) is 23.7 Å². The van der Waals surface area contributed by atoms with Crippen LogP contribution in [0, 0.1) is 5.82 Å². The monoisotopic (exact) mass is 377 g/mol. The molecule has 2 aromatic carbocycles. The molecule has 0 aliphatic carbocycles. The second-order valence-electron chi connectivity index (χ2n) is 5.34. The summed E-state index contributed by atoms with van der Waals surface area (Å²) in [4.78, 5) is 19.0. The minimum atomic E-state index is -4.76. The van der Waals surface area contributed by atoms with Crippen LogP contribution < -0.4 is 10.1 Å². The summed E-state index contributed by atoms with van der Waals surface area (Å²) in [5, 5.41) is 2.91. The summed E-state index contributed by atoms with van der Waals surface area (Å²) in [6.45, 7) is 0. The van der Waals surface area contributed by atoms with Gasteiger partial charge in [0.15, 0.2) is 6.29 Å². The maximum atomic E-state index is 13.4. The van der Waals surface area contributed by atoms with Crippen molar-refractivity contribution in [1.82, 2.24) is 9.97 Å². The molecule has 0 fully saturated rings. The Bertz CT molecular complexity index is 960. The summed E-state index contributed by atoms with van der Waals surface area (Å²) < 4.78 is 53.8. The number of hydrogen-bond acceptors (Lipinski definition) is 5. The number of nitrogens with zero attached hydrogens (tertiary/aromatic N) is 2. The predicted molar refractivity (Wildman–Crippen MR) is 89.2 cm³/mol. The standard InChI is InChI=1S/C18H11F4N3O2/c19-15-6-1-11(7-12(15)9-26)16-8-17(24-10-23-16)25-13-2-4-14(5-3-13)27-18(20,21)22/h1-10H,(H,23,24,25). The van der Waals surface area contributed by atoms with Crippen molar-refractivity contribution in [2.75, 3.05) is 5.32 Å². The molecule has 3 rings (SSSR count). The fraction of sp³-hybridized carbons (Fsp3) is 0.0556. The lowest BCUT2D eigenvalue weighted by molar-refractivity contribution is -0.274. The van der Waals surface area contributed by atoms with Crippen LogP contribution in [0.3, 0.4) is 0 Å². The molecule has 0 atom stereocenters. The summed E-state index contributed by atoms with van der Waals surface area (Å²) in [5.41, 5.74) is 1.33. The van der Waals surface area contributed by atoms with Crippen LogP contribution in [-0.2, 0) is 0 Å². The molecular formula is C18H11F4N3O2. The Morgan fingerprint density at radius 3 is 2.41 bits per heavy atom. The van der Waals surface area contributed by atoms with Crippen molar-refractivity contribution in [3.8, 4) is 17.0 Å². The highest BCUT2D eigenvalue weighted by Crippen LogP contribution is 2.26. The molecule has 1 N–H and O–H groups in total. The Morgan fingerprint density at radius 1 is 1.00 bits per heavy atom. The predicted octanol–water partition coefficient (Wildman–Crippen LogP) is 4.74. The molecule has 138 valence electrons. The molecule has 0 spiro atoms. The van der Waals surface area contributed by atoms with E-state index in [4.69, 9.17) is 0 Å². The summed E-state index contributed by atoms with van der Waals surface area (Å²) in [6, 6.07) is 10.7. The Kier molecular flexibility index (Phi) is 5.02. The minimum Gasteiger partial charge on any atom is -0.406 e. The van der Waals surface area contributed by atoms with Crippen LogP contribution in [0.5, 0.6) is 5.75 Å². The Morgan fingerprint density at radius 2 is 1.74 bits per heavy atom. The van der Waals surface area contributed by atoms with E-state index in [1.54, 1.807) is 6.07 Å². The molecule has 0 saturated carbocycles. The Labute approximate surface area is 150 Å². The molecule has 1 heterocycles. The van der Waals surface area contributed by atoms with Gasteiger partial charge in [-0.2, -0.15) is 0 Å². The average Bonchev–Trinajstić information content (AvgIpc) is 2.63. The first-order valence-electron chi connectivity index (χ1n) is 7.54. The third-order valence-electron chi connectivity index (χ3n) is 3.45. The lowest BCUT2D eigenvalue weighted by atomic mass is 10.1. The molecule has 0 saturated heterocycles. The van der Waals surface area contributed by atoms with Gasteiger partial charge in [0, 0.05) is 17.3 Å². The van der Waals surface area contributed by atoms with Gasteiger partial charge in [-0.15, -0.1) is 13.2 Å². The second kappa shape index (κ2) is 7.40. The molecule has 5 nitrogen and oxygen atoms in total. The zero-order valence-corrected chi connectivity index (χ0v) is 13.5. The number of alkyl halides is 3. The number of aldehydes is 1. The number of hydrogen-bond donors (Lipinski definition) is 1. The van der Waals surface area contributed by atoms with Gasteiger partial charge < -0.3 is 10.1 Å². The van der Waals surface area contributed by atoms with Crippen molar-refractivity contribution in [2.45, 2.75) is 6.36 Å². The molecule has 0 unspecified atom stereocenters. The van der Waals surface area contributed by atoms with Crippen LogP contribution in [-0.4, -0.2) is 22.6 Å². The molecule has 0 amide bonds. The lowest BCUT2D eigenvalue weighted by Gasteiger charge is -2.10. The average molecular weight is 377 g/mol. The van der Waals surface area contributed by atoms with Crippen molar-refractivity contribution >= 4 is 17.8 Å². The van der Waals surface area contributed by atoms with Gasteiger partial charge in [-0.1, -0.05) is 0 Å². The van der Waals surface area contributed by atoms with E-state index in [1.807, 2.05) is 0 Å². The van der Waals surface area contributed by atoms with Crippen molar-refractivity contribution in [3.63, 3.8) is 0 Å². The molecular weight excluding hydrogens is 366 g/mol. The van der Waals surface area contributed by atoms with Gasteiger partial charge in [-0.25, -0.2) is 14.4 Å². The number of ether oxygens (including phenoxy) is 1. The van der Waals surface area contributed by atoms with Crippen LogP contribution in [0.2, 0.25) is 0 Å². The Hall–Kier alpha value is -3.49. The van der Waals surface area contributed by atoms with Gasteiger partial charge in [0.05, 0.1) is 11.3 Å². The van der Waals surface area contributed by atoms with E-state index in [0.717, 1.165) is 18.2 Å². The van der Waals surface area contributed by atoms with Crippen LogP contribution in [0.15, 0.2) is 54.9 Å². The van der Waals surface area contributed by atoms with Crippen molar-refractivity contribution in [2.24, 2.45) is 0 Å². The maximum Gasteiger partial charge on any atom is 0.573 e. The molecule has 27 heavy (non-hydrogen) atoms. The van der Waals surface area contributed by atoms with Crippen molar-refractivity contribution < 1.29 is 27.1 Å². The van der Waals surface area contributed by atoms with Crippen LogP contribution >= 0.6 is 0 Å². The number of rotatable bonds is 5. The number of carbonyl (C=O) groups is 1. The number of aromatic nitrogens is 2. The SMILES string of the molecule is O=Cc1cc(-c2cc(Nc3ccc(OC(F)(F)F)cc3)ncn2)ccc1F. The number of carbonyl (C=O) groups excluding carboxylic acids is 1. The lowest BCUT2D eigenvalue weighted by Crippen LogP contribution is -2.16. The molecule has 0 aliphatic rings. The zero-order chi connectivity index (χ0) is 19.4. The first-order chi connectivity index (χ1) is 12.8. The number of nitrogens with one attached hydrogen (secondary N) is 1. The topological polar surface area (TPSA) is 64.1 Å². The summed E-state index contributed by atoms with van der Waals surface area (Å²) >= 11 is 0. The van der Waals surface area contributed by atoms with E-state index < -0.39 is 12.2 Å². The first-order valence-corrected chi connectivity index (χ1v) is 7.54. The maximum absolute atomic E-state index is 13.4. The highest BCUT2D eigenvalue weighted by molar-refractivity contribution is 5.79. The van der Waals surface area contributed by atoms with E-state index in [-0.39, 0.29) is 11.3 Å². The van der Waals surface area contributed by atoms with E-state index in [2.05, 4.69) is 20.0 Å². The van der Waals surface area contributed by atoms with Gasteiger partial charge in [-0.05, 0) is 42.5 Å². The summed E-state index contributed by atoms with van der Waals surface area (Å²) in [6.07, 6.45) is -3.08. The summed E-state index contributed by atoms with van der Waals surface area (Å²) in [5.74, 6) is -0.618. The second-order valence-corrected chi connectivity index (χ2v) is 5.34. The fourth-order valence-corrected chi connectivity index (χ4v) is 2.26. The molecule has 3 aromatic rings. The molecule has 0 aliphatic heterocycles. The minimum absolute atomic E-state index is 0.0964. The van der Waals surface area contributed by atoms with Gasteiger partial charge in [0.25, 0.3) is 0 Å². The van der Waals surface area contributed by atoms with Gasteiger partial charge >= 0.3 is 6.36 Å². The Balaban J connectivity index is 1.79. The third kappa shape index (κ3) is 4.78. The van der Waals surface area contributed by atoms with Crippen molar-refractivity contribution in [3.05, 3.63) is 66.2 Å². The normalized spacial score (nSPS) is 11.1. The van der Waals surface area contributed by atoms with E-state index in [9.17, 15) is 22.4 Å². The smallest absolute Gasteiger partial charge is 0.406 e. The molecule has 0 radical (unpaired) electrons. The van der Waals surface area contributed by atoms with Gasteiger partial charge in [-0.3, -0.25) is 4.79 Å². The van der Waals surface area contributed by atoms with Crippen LogP contribution in [0.1, 0.15) is 10.4 Å². The van der Waals surface area contributed by atoms with Crippen LogP contribution in [0.25, 0.3) is 11.3 Å². The van der Waals surface area contributed by atoms with Crippen LogP contribution in [0.4, 0.5) is 29.1 Å². The largest absolute Gasteiger partial charge is 0.573 e. The highest BCUT2D eigenvalue weighted by Gasteiger charge is 2.30. The first kappa shape index (κ1) is 18.3. The zero-order valence-electron chi connectivity index (χ0n) is 13.5. The number of anilines is 2. The molecule has 9 heteroatoms. The fourth-order valence-electron chi connectivity index (χ4n) is 2.26. The number of halogens is 4. The molecule has 1 aromatic heterocycles. The summed E-state index contributed by atoms with van der Waals surface area (Å²) in [7, 11) is 0. The highest BCUT2D eigenvalue weighted by atomic mass is 19.4. The van der Waals surface area contributed by atoms with Crippen molar-refractivity contribution in [1.29, 1.82) is 0 Å². The van der Waals surface area contributed by atoms with E-state index in [1.165, 1.54) is 30.6 Å². The number of benzene rings is 2. The van der Waals surface area contributed by atoms with E-state index >= 15 is 0 Å².